The number of rotatable bonds is 3. The van der Waals surface area contributed by atoms with E-state index in [1.165, 1.54) is 11.3 Å². The predicted octanol–water partition coefficient (Wildman–Crippen LogP) is 2.88. The summed E-state index contributed by atoms with van der Waals surface area (Å²) in [5, 5.41) is 1.88. The van der Waals surface area contributed by atoms with Gasteiger partial charge in [-0.05, 0) is 37.1 Å². The van der Waals surface area contributed by atoms with Crippen molar-refractivity contribution in [3.63, 3.8) is 0 Å². The summed E-state index contributed by atoms with van der Waals surface area (Å²) in [4.78, 5) is 50.6. The number of aromatic amines is 1. The van der Waals surface area contributed by atoms with E-state index in [0.717, 1.165) is 50.8 Å². The molecule has 1 atom stereocenters. The van der Waals surface area contributed by atoms with Crippen LogP contribution in [0, 0.1) is 5.92 Å². The number of nitrogens with one attached hydrogen (secondary N) is 1. The number of nitrogens with zero attached hydrogens (tertiary/aromatic N) is 3. The van der Waals surface area contributed by atoms with Crippen LogP contribution in [-0.2, 0) is 17.8 Å². The lowest BCUT2D eigenvalue weighted by Crippen LogP contribution is -2.41. The van der Waals surface area contributed by atoms with Crippen LogP contribution >= 0.6 is 11.3 Å². The second-order valence-electron chi connectivity index (χ2n) is 8.50. The highest BCUT2D eigenvalue weighted by Crippen LogP contribution is 2.35. The van der Waals surface area contributed by atoms with E-state index in [4.69, 9.17) is 4.98 Å². The summed E-state index contributed by atoms with van der Waals surface area (Å²) in [6.07, 6.45) is 6.55. The summed E-state index contributed by atoms with van der Waals surface area (Å²) < 4.78 is 0. The molecule has 30 heavy (non-hydrogen) atoms. The molecule has 4 heterocycles. The standard InChI is InChI=1S/C22H26N4O3S/c27-20-15-13-25(22(29)18-8-4-12-30-18)11-9-16(15)23-19(24-20)17-7-3-10-26(17)21(28)14-5-1-2-6-14/h4,8,12,14,17H,1-3,5-7,9-11,13H2,(H,23,24,27)/t17-/m0/s1. The van der Waals surface area contributed by atoms with Crippen molar-refractivity contribution in [1.29, 1.82) is 0 Å². The van der Waals surface area contributed by atoms with Gasteiger partial charge in [0.1, 0.15) is 5.82 Å². The molecule has 2 fully saturated rings. The van der Waals surface area contributed by atoms with Crippen LogP contribution in [0.5, 0.6) is 0 Å². The van der Waals surface area contributed by atoms with Gasteiger partial charge in [-0.1, -0.05) is 18.9 Å². The lowest BCUT2D eigenvalue weighted by atomic mass is 10.0. The van der Waals surface area contributed by atoms with E-state index in [-0.39, 0.29) is 35.9 Å². The Labute approximate surface area is 179 Å². The van der Waals surface area contributed by atoms with Gasteiger partial charge in [0.25, 0.3) is 11.5 Å². The molecule has 2 amide bonds. The Bertz CT molecular complexity index is 1010. The lowest BCUT2D eigenvalue weighted by Gasteiger charge is -2.30. The fourth-order valence-corrected chi connectivity index (χ4v) is 5.74. The number of amides is 2. The molecule has 1 aliphatic carbocycles. The third-order valence-corrected chi connectivity index (χ3v) is 7.52. The minimum Gasteiger partial charge on any atom is -0.333 e. The summed E-state index contributed by atoms with van der Waals surface area (Å²) in [5.41, 5.74) is 1.16. The highest BCUT2D eigenvalue weighted by atomic mass is 32.1. The molecule has 2 aliphatic heterocycles. The number of hydrogen-bond acceptors (Lipinski definition) is 5. The van der Waals surface area contributed by atoms with Crippen LogP contribution in [0.2, 0.25) is 0 Å². The number of carbonyl (C=O) groups is 2. The molecule has 0 aromatic carbocycles. The quantitative estimate of drug-likeness (QED) is 0.818. The molecule has 0 radical (unpaired) electrons. The van der Waals surface area contributed by atoms with E-state index < -0.39 is 0 Å². The molecule has 1 N–H and O–H groups in total. The van der Waals surface area contributed by atoms with Crippen molar-refractivity contribution in [1.82, 2.24) is 19.8 Å². The van der Waals surface area contributed by atoms with Crippen molar-refractivity contribution in [3.8, 4) is 0 Å². The maximum atomic E-state index is 13.0. The Kier molecular flexibility index (Phi) is 5.18. The first-order valence-electron chi connectivity index (χ1n) is 10.9. The number of aromatic nitrogens is 2. The average Bonchev–Trinajstić information content (AvgIpc) is 3.54. The molecule has 0 unspecified atom stereocenters. The SMILES string of the molecule is O=C(c1cccs1)N1CCc2nc([C@@H]3CCCN3C(=O)C3CCCC3)[nH]c(=O)c2C1. The number of H-pyrrole nitrogens is 1. The maximum Gasteiger partial charge on any atom is 0.264 e. The van der Waals surface area contributed by atoms with Crippen molar-refractivity contribution in [2.24, 2.45) is 5.92 Å². The molecule has 1 saturated heterocycles. The van der Waals surface area contributed by atoms with Crippen molar-refractivity contribution in [2.75, 3.05) is 13.1 Å². The zero-order chi connectivity index (χ0) is 20.7. The number of fused-ring (bicyclic) bond motifs is 1. The first-order valence-corrected chi connectivity index (χ1v) is 11.7. The van der Waals surface area contributed by atoms with Crippen LogP contribution in [0.15, 0.2) is 22.3 Å². The first-order chi connectivity index (χ1) is 14.6. The summed E-state index contributed by atoms with van der Waals surface area (Å²) in [6, 6.07) is 3.53. The van der Waals surface area contributed by atoms with Crippen molar-refractivity contribution in [3.05, 3.63) is 49.8 Å². The Hall–Kier alpha value is -2.48. The minimum atomic E-state index is -0.182. The zero-order valence-corrected chi connectivity index (χ0v) is 17.7. The fraction of sp³-hybridized carbons (Fsp3) is 0.545. The average molecular weight is 427 g/mol. The van der Waals surface area contributed by atoms with E-state index in [1.54, 1.807) is 4.90 Å². The largest absolute Gasteiger partial charge is 0.333 e. The van der Waals surface area contributed by atoms with Gasteiger partial charge in [0.05, 0.1) is 28.7 Å². The summed E-state index contributed by atoms with van der Waals surface area (Å²) in [6.45, 7) is 1.57. The van der Waals surface area contributed by atoms with Crippen molar-refractivity contribution in [2.45, 2.75) is 57.5 Å². The number of likely N-dealkylation sites (tertiary alicyclic amines) is 1. The predicted molar refractivity (Wildman–Crippen MR) is 113 cm³/mol. The Morgan fingerprint density at radius 3 is 2.73 bits per heavy atom. The van der Waals surface area contributed by atoms with Gasteiger partial charge in [-0.2, -0.15) is 0 Å². The molecule has 1 saturated carbocycles. The van der Waals surface area contributed by atoms with Crippen LogP contribution in [0.3, 0.4) is 0 Å². The number of thiophene rings is 1. The van der Waals surface area contributed by atoms with Gasteiger partial charge in [0.15, 0.2) is 0 Å². The monoisotopic (exact) mass is 426 g/mol. The second-order valence-corrected chi connectivity index (χ2v) is 9.45. The first kappa shape index (κ1) is 19.5. The Morgan fingerprint density at radius 1 is 1.13 bits per heavy atom. The van der Waals surface area contributed by atoms with E-state index in [9.17, 15) is 14.4 Å². The molecular weight excluding hydrogens is 400 g/mol. The smallest absolute Gasteiger partial charge is 0.264 e. The van der Waals surface area contributed by atoms with Gasteiger partial charge in [-0.3, -0.25) is 14.4 Å². The molecule has 2 aromatic heterocycles. The summed E-state index contributed by atoms with van der Waals surface area (Å²) in [7, 11) is 0. The van der Waals surface area contributed by atoms with E-state index in [1.807, 2.05) is 22.4 Å². The topological polar surface area (TPSA) is 86.4 Å². The number of hydrogen-bond donors (Lipinski definition) is 1. The normalized spacial score (nSPS) is 21.8. The highest BCUT2D eigenvalue weighted by Gasteiger charge is 2.37. The third-order valence-electron chi connectivity index (χ3n) is 6.66. The van der Waals surface area contributed by atoms with Gasteiger partial charge in [0, 0.05) is 25.4 Å². The van der Waals surface area contributed by atoms with Gasteiger partial charge >= 0.3 is 0 Å². The number of carbonyl (C=O) groups excluding carboxylic acids is 2. The molecule has 8 heteroatoms. The van der Waals surface area contributed by atoms with Crippen molar-refractivity contribution >= 4 is 23.2 Å². The molecule has 5 rings (SSSR count). The van der Waals surface area contributed by atoms with E-state index in [2.05, 4.69) is 4.98 Å². The molecular formula is C22H26N4O3S. The maximum absolute atomic E-state index is 13.0. The third kappa shape index (κ3) is 3.47. The molecule has 2 aromatic rings. The van der Waals surface area contributed by atoms with Crippen LogP contribution in [0.25, 0.3) is 0 Å². The minimum absolute atomic E-state index is 0.0387. The van der Waals surface area contributed by atoms with Crippen LogP contribution in [-0.4, -0.2) is 44.7 Å². The van der Waals surface area contributed by atoms with Gasteiger partial charge in [-0.15, -0.1) is 11.3 Å². The summed E-state index contributed by atoms with van der Waals surface area (Å²) in [5.74, 6) is 0.929. The van der Waals surface area contributed by atoms with E-state index >= 15 is 0 Å². The van der Waals surface area contributed by atoms with Gasteiger partial charge in [0.2, 0.25) is 5.91 Å². The van der Waals surface area contributed by atoms with Crippen LogP contribution < -0.4 is 5.56 Å². The molecule has 0 bridgehead atoms. The van der Waals surface area contributed by atoms with Crippen LogP contribution in [0.1, 0.15) is 71.3 Å². The Morgan fingerprint density at radius 2 is 1.97 bits per heavy atom. The van der Waals surface area contributed by atoms with Gasteiger partial charge in [-0.25, -0.2) is 4.98 Å². The Balaban J connectivity index is 1.37. The lowest BCUT2D eigenvalue weighted by molar-refractivity contribution is -0.136. The molecule has 0 spiro atoms. The van der Waals surface area contributed by atoms with Crippen molar-refractivity contribution < 1.29 is 9.59 Å². The molecule has 7 nitrogen and oxygen atoms in total. The van der Waals surface area contributed by atoms with Crippen LogP contribution in [0.4, 0.5) is 0 Å². The van der Waals surface area contributed by atoms with E-state index in [0.29, 0.717) is 29.2 Å². The zero-order valence-electron chi connectivity index (χ0n) is 16.9. The van der Waals surface area contributed by atoms with Gasteiger partial charge < -0.3 is 14.8 Å². The highest BCUT2D eigenvalue weighted by molar-refractivity contribution is 7.12. The second kappa shape index (κ2) is 7.98. The fourth-order valence-electron chi connectivity index (χ4n) is 5.05. The molecule has 158 valence electrons. The molecule has 3 aliphatic rings. The summed E-state index contributed by atoms with van der Waals surface area (Å²) >= 11 is 1.41.